The van der Waals surface area contributed by atoms with E-state index in [-0.39, 0.29) is 13.2 Å². The molecule has 0 atom stereocenters. The lowest BCUT2D eigenvalue weighted by atomic mass is 9.95. The van der Waals surface area contributed by atoms with E-state index in [9.17, 15) is 5.11 Å². The second-order valence-electron chi connectivity index (χ2n) is 9.61. The number of fused-ring (bicyclic) bond motifs is 2. The molecule has 3 aromatic rings. The lowest BCUT2D eigenvalue weighted by molar-refractivity contribution is 0.142. The molecule has 10 nitrogen and oxygen atoms in total. The van der Waals surface area contributed by atoms with Gasteiger partial charge in [0, 0.05) is 56.3 Å². The third kappa shape index (κ3) is 5.18. The molecule has 3 N–H and O–H groups in total. The number of nitrogens with one attached hydrogen (secondary N) is 2. The van der Waals surface area contributed by atoms with Gasteiger partial charge in [0.25, 0.3) is 5.88 Å². The summed E-state index contributed by atoms with van der Waals surface area (Å²) in [6, 6.07) is 5.69. The fraction of sp³-hybridized carbons (Fsp3) is 0.444. The van der Waals surface area contributed by atoms with E-state index in [0.29, 0.717) is 35.4 Å². The van der Waals surface area contributed by atoms with E-state index >= 15 is 0 Å². The zero-order chi connectivity index (χ0) is 25.9. The molecule has 37 heavy (non-hydrogen) atoms. The molecule has 196 valence electrons. The fourth-order valence-electron chi connectivity index (χ4n) is 4.79. The van der Waals surface area contributed by atoms with Crippen molar-refractivity contribution in [2.24, 2.45) is 4.99 Å². The fourth-order valence-corrected chi connectivity index (χ4v) is 4.79. The van der Waals surface area contributed by atoms with Gasteiger partial charge in [-0.1, -0.05) is 6.07 Å². The average molecular weight is 506 g/mol. The monoisotopic (exact) mass is 505 g/mol. The molecule has 4 heterocycles. The van der Waals surface area contributed by atoms with Crippen LogP contribution in [0.4, 0.5) is 5.69 Å². The minimum atomic E-state index is -0.128. The maximum Gasteiger partial charge on any atom is 0.260 e. The number of nitrogens with zero attached hydrogens (tertiary/aromatic N) is 5. The molecule has 1 aliphatic carbocycles. The van der Waals surface area contributed by atoms with Gasteiger partial charge in [0.2, 0.25) is 0 Å². The van der Waals surface area contributed by atoms with Gasteiger partial charge in [-0.05, 0) is 45.0 Å². The number of aromatic amines is 1. The normalized spacial score (nSPS) is 17.9. The van der Waals surface area contributed by atoms with Crippen LogP contribution in [-0.4, -0.2) is 101 Å². The number of aryl methyl sites for hydroxylation is 1. The van der Waals surface area contributed by atoms with E-state index in [2.05, 4.69) is 26.9 Å². The Morgan fingerprint density at radius 1 is 1.14 bits per heavy atom. The van der Waals surface area contributed by atoms with Crippen LogP contribution in [0.2, 0.25) is 0 Å². The van der Waals surface area contributed by atoms with E-state index in [1.807, 2.05) is 44.3 Å². The number of H-pyrrole nitrogens is 1. The molecule has 1 fully saturated rings. The number of allylic oxidation sites excluding steroid dienone is 1. The maximum atomic E-state index is 9.27. The second kappa shape index (κ2) is 10.9. The topological polar surface area (TPSA) is 114 Å². The SMILES string of the molecule is Cc1[nH]c2c(c1C)C(=N)C(=Nc1c(OCCO)nn3ccccc13)C=C2OCCCN1CCN(C)CC1. The van der Waals surface area contributed by atoms with Crippen molar-refractivity contribution in [1.82, 2.24) is 24.4 Å². The van der Waals surface area contributed by atoms with Crippen LogP contribution in [0.25, 0.3) is 11.3 Å². The summed E-state index contributed by atoms with van der Waals surface area (Å²) in [5.74, 6) is 1.00. The Morgan fingerprint density at radius 3 is 2.73 bits per heavy atom. The van der Waals surface area contributed by atoms with Gasteiger partial charge in [0.1, 0.15) is 12.4 Å². The summed E-state index contributed by atoms with van der Waals surface area (Å²) in [5, 5.41) is 22.7. The molecule has 1 aliphatic heterocycles. The molecule has 0 spiro atoms. The highest BCUT2D eigenvalue weighted by Gasteiger charge is 2.28. The third-order valence-corrected chi connectivity index (χ3v) is 7.04. The van der Waals surface area contributed by atoms with Gasteiger partial charge in [-0.15, -0.1) is 5.10 Å². The van der Waals surface area contributed by atoms with Crippen molar-refractivity contribution in [3.8, 4) is 5.88 Å². The van der Waals surface area contributed by atoms with Crippen LogP contribution in [0.15, 0.2) is 35.5 Å². The Morgan fingerprint density at radius 2 is 1.95 bits per heavy atom. The molecule has 1 saturated heterocycles. The summed E-state index contributed by atoms with van der Waals surface area (Å²) in [6.45, 7) is 9.97. The van der Waals surface area contributed by atoms with E-state index in [1.54, 1.807) is 4.52 Å². The van der Waals surface area contributed by atoms with Gasteiger partial charge >= 0.3 is 0 Å². The molecule has 0 saturated carbocycles. The first-order chi connectivity index (χ1) is 18.0. The summed E-state index contributed by atoms with van der Waals surface area (Å²) < 4.78 is 13.7. The minimum Gasteiger partial charge on any atom is -0.491 e. The Bertz CT molecular complexity index is 1350. The zero-order valence-corrected chi connectivity index (χ0v) is 21.8. The molecular weight excluding hydrogens is 470 g/mol. The standard InChI is InChI=1S/C27H35N7O3/c1-18-19(2)29-26-22(36-15-6-8-33-12-10-32(3)11-13-33)17-20(24(28)23(18)26)30-25-21-7-4-5-9-34(21)31-27(25)37-16-14-35/h4-5,7,9,17,28-29,35H,6,8,10-16H2,1-3H3. The van der Waals surface area contributed by atoms with Crippen LogP contribution in [-0.2, 0) is 4.74 Å². The van der Waals surface area contributed by atoms with Gasteiger partial charge in [0.15, 0.2) is 5.69 Å². The minimum absolute atomic E-state index is 0.108. The number of aliphatic hydroxyl groups is 1. The molecule has 2 aliphatic rings. The van der Waals surface area contributed by atoms with Crippen LogP contribution in [0.5, 0.6) is 5.88 Å². The van der Waals surface area contributed by atoms with E-state index in [4.69, 9.17) is 19.9 Å². The smallest absolute Gasteiger partial charge is 0.260 e. The number of hydrogen-bond donors (Lipinski definition) is 3. The first-order valence-electron chi connectivity index (χ1n) is 12.8. The molecule has 0 radical (unpaired) electrons. The number of hydrogen-bond acceptors (Lipinski definition) is 8. The van der Waals surface area contributed by atoms with Gasteiger partial charge in [-0.2, -0.15) is 0 Å². The number of pyridine rings is 1. The highest BCUT2D eigenvalue weighted by Crippen LogP contribution is 2.35. The quantitative estimate of drug-likeness (QED) is 0.386. The highest BCUT2D eigenvalue weighted by atomic mass is 16.5. The van der Waals surface area contributed by atoms with E-state index in [0.717, 1.165) is 67.2 Å². The highest BCUT2D eigenvalue weighted by molar-refractivity contribution is 6.54. The number of aliphatic imine (C=N–C) groups is 1. The van der Waals surface area contributed by atoms with Gasteiger partial charge < -0.3 is 29.4 Å². The molecule has 5 rings (SSSR count). The van der Waals surface area contributed by atoms with Crippen LogP contribution in [0, 0.1) is 19.3 Å². The lowest BCUT2D eigenvalue weighted by Gasteiger charge is -2.32. The molecule has 0 bridgehead atoms. The Balaban J connectivity index is 1.43. The zero-order valence-electron chi connectivity index (χ0n) is 21.8. The number of rotatable bonds is 9. The van der Waals surface area contributed by atoms with E-state index < -0.39 is 0 Å². The molecule has 10 heteroatoms. The van der Waals surface area contributed by atoms with Crippen molar-refractivity contribution >= 4 is 28.4 Å². The van der Waals surface area contributed by atoms with Crippen molar-refractivity contribution < 1.29 is 14.6 Å². The van der Waals surface area contributed by atoms with Crippen molar-refractivity contribution in [3.05, 3.63) is 53.0 Å². The molecule has 0 aromatic carbocycles. The number of ether oxygens (including phenoxy) is 2. The van der Waals surface area contributed by atoms with Gasteiger partial charge in [-0.25, -0.2) is 9.51 Å². The average Bonchev–Trinajstić information content (AvgIpc) is 3.40. The number of aromatic nitrogens is 3. The summed E-state index contributed by atoms with van der Waals surface area (Å²) in [4.78, 5) is 13.1. The second-order valence-corrected chi connectivity index (χ2v) is 9.61. The Hall–Kier alpha value is -3.47. The summed E-state index contributed by atoms with van der Waals surface area (Å²) >= 11 is 0. The molecule has 3 aromatic heterocycles. The van der Waals surface area contributed by atoms with Crippen LogP contribution in [0.1, 0.15) is 28.9 Å². The Labute approximate surface area is 216 Å². The van der Waals surface area contributed by atoms with Crippen LogP contribution in [0.3, 0.4) is 0 Å². The summed E-state index contributed by atoms with van der Waals surface area (Å²) in [6.07, 6.45) is 4.57. The molecule has 0 amide bonds. The van der Waals surface area contributed by atoms with Gasteiger partial charge in [-0.3, -0.25) is 5.41 Å². The molecule has 0 unspecified atom stereocenters. The first-order valence-corrected chi connectivity index (χ1v) is 12.8. The Kier molecular flexibility index (Phi) is 7.40. The van der Waals surface area contributed by atoms with Crippen LogP contribution < -0.4 is 4.74 Å². The maximum absolute atomic E-state index is 9.27. The number of likely N-dealkylation sites (N-methyl/N-ethyl adjacent to an activating group) is 1. The van der Waals surface area contributed by atoms with Crippen molar-refractivity contribution in [3.63, 3.8) is 0 Å². The summed E-state index contributed by atoms with van der Waals surface area (Å²) in [5.41, 5.74) is 5.74. The van der Waals surface area contributed by atoms with Crippen molar-refractivity contribution in [2.45, 2.75) is 20.3 Å². The lowest BCUT2D eigenvalue weighted by Crippen LogP contribution is -2.44. The van der Waals surface area contributed by atoms with Crippen molar-refractivity contribution in [2.75, 3.05) is 59.6 Å². The van der Waals surface area contributed by atoms with Crippen molar-refractivity contribution in [1.29, 1.82) is 5.41 Å². The number of aliphatic hydroxyl groups excluding tert-OH is 1. The first kappa shape index (κ1) is 25.2. The molecular formula is C27H35N7O3. The van der Waals surface area contributed by atoms with E-state index in [1.165, 1.54) is 0 Å². The van der Waals surface area contributed by atoms with Crippen LogP contribution >= 0.6 is 0 Å². The predicted molar refractivity (Wildman–Crippen MR) is 144 cm³/mol. The summed E-state index contributed by atoms with van der Waals surface area (Å²) in [7, 11) is 2.17. The predicted octanol–water partition coefficient (Wildman–Crippen LogP) is 2.80. The largest absolute Gasteiger partial charge is 0.491 e. The number of piperazine rings is 1. The third-order valence-electron chi connectivity index (χ3n) is 7.04. The van der Waals surface area contributed by atoms with Gasteiger partial charge in [0.05, 0.1) is 35.8 Å².